The molecule has 1 fully saturated rings. The Labute approximate surface area is 144 Å². The highest BCUT2D eigenvalue weighted by molar-refractivity contribution is 14.0. The number of ether oxygens (including phenoxy) is 1. The number of rotatable bonds is 6. The fraction of sp³-hybridized carbons (Fsp3) is 0.562. The monoisotopic (exact) mass is 403 g/mol. The van der Waals surface area contributed by atoms with Crippen molar-refractivity contribution in [3.05, 3.63) is 35.9 Å². The minimum Gasteiger partial charge on any atom is -0.375 e. The predicted octanol–water partition coefficient (Wildman–Crippen LogP) is 2.96. The minimum atomic E-state index is 0. The Morgan fingerprint density at radius 3 is 2.57 bits per heavy atom. The molecular formula is C16H26IN3O. The minimum absolute atomic E-state index is 0. The molecule has 0 aliphatic heterocycles. The zero-order valence-corrected chi connectivity index (χ0v) is 15.3. The maximum atomic E-state index is 5.54. The molecule has 1 aliphatic carbocycles. The van der Waals surface area contributed by atoms with Crippen molar-refractivity contribution in [3.63, 3.8) is 0 Å². The molecule has 0 saturated heterocycles. The van der Waals surface area contributed by atoms with Gasteiger partial charge >= 0.3 is 0 Å². The fourth-order valence-corrected chi connectivity index (χ4v) is 2.18. The summed E-state index contributed by atoms with van der Waals surface area (Å²) >= 11 is 0. The highest BCUT2D eigenvalue weighted by Gasteiger charge is 2.33. The molecule has 1 aromatic rings. The lowest BCUT2D eigenvalue weighted by Gasteiger charge is -2.15. The van der Waals surface area contributed by atoms with Gasteiger partial charge in [0.2, 0.25) is 0 Å². The highest BCUT2D eigenvalue weighted by atomic mass is 127. The van der Waals surface area contributed by atoms with Crippen LogP contribution in [-0.2, 0) is 4.74 Å². The lowest BCUT2D eigenvalue weighted by atomic mass is 10.1. The molecule has 0 aromatic heterocycles. The van der Waals surface area contributed by atoms with E-state index in [2.05, 4.69) is 41.6 Å². The van der Waals surface area contributed by atoms with Crippen LogP contribution >= 0.6 is 24.0 Å². The summed E-state index contributed by atoms with van der Waals surface area (Å²) in [5, 5.41) is 6.74. The van der Waals surface area contributed by atoms with Crippen LogP contribution in [0.2, 0.25) is 0 Å². The number of hydrogen-bond acceptors (Lipinski definition) is 2. The number of guanidine groups is 1. The van der Waals surface area contributed by atoms with E-state index >= 15 is 0 Å². The molecule has 0 amide bonds. The van der Waals surface area contributed by atoms with Gasteiger partial charge in [-0.3, -0.25) is 4.99 Å². The molecular weight excluding hydrogens is 377 g/mol. The molecule has 2 rings (SSSR count). The van der Waals surface area contributed by atoms with Crippen molar-refractivity contribution in [2.45, 2.75) is 32.4 Å². The average molecular weight is 403 g/mol. The third-order valence-corrected chi connectivity index (χ3v) is 3.65. The fourth-order valence-electron chi connectivity index (χ4n) is 2.18. The second-order valence-corrected chi connectivity index (χ2v) is 5.32. The van der Waals surface area contributed by atoms with Gasteiger partial charge in [0.05, 0.1) is 6.54 Å². The zero-order chi connectivity index (χ0) is 14.4. The molecule has 0 bridgehead atoms. The predicted molar refractivity (Wildman–Crippen MR) is 98.3 cm³/mol. The molecule has 21 heavy (non-hydrogen) atoms. The normalized spacial score (nSPS) is 22.1. The summed E-state index contributed by atoms with van der Waals surface area (Å²) < 4.78 is 5.54. The standard InChI is InChI=1S/C16H25N3O.HI/c1-4-17-16(19-14-10-12(14)2)18-11-15(20-3)13-8-6-5-7-9-13;/h5-9,12,14-15H,4,10-11H2,1-3H3,(H2,17,18,19);1H. The van der Waals surface area contributed by atoms with Crippen LogP contribution in [-0.4, -0.2) is 32.2 Å². The molecule has 3 unspecified atom stereocenters. The number of halogens is 1. The maximum Gasteiger partial charge on any atom is 0.191 e. The van der Waals surface area contributed by atoms with Crippen LogP contribution in [0.15, 0.2) is 35.3 Å². The van der Waals surface area contributed by atoms with Gasteiger partial charge in [0, 0.05) is 19.7 Å². The summed E-state index contributed by atoms with van der Waals surface area (Å²) in [6, 6.07) is 10.8. The Hall–Kier alpha value is -0.820. The first-order chi connectivity index (χ1) is 9.74. The van der Waals surface area contributed by atoms with E-state index in [-0.39, 0.29) is 30.1 Å². The molecule has 0 spiro atoms. The van der Waals surface area contributed by atoms with Crippen LogP contribution in [0, 0.1) is 5.92 Å². The number of nitrogens with one attached hydrogen (secondary N) is 2. The molecule has 0 heterocycles. The molecule has 1 aromatic carbocycles. The largest absolute Gasteiger partial charge is 0.375 e. The van der Waals surface area contributed by atoms with E-state index in [0.29, 0.717) is 12.6 Å². The van der Waals surface area contributed by atoms with Crippen molar-refractivity contribution < 1.29 is 4.74 Å². The molecule has 0 radical (unpaired) electrons. The zero-order valence-electron chi connectivity index (χ0n) is 13.0. The Kier molecular flexibility index (Phi) is 8.03. The summed E-state index contributed by atoms with van der Waals surface area (Å²) in [5.74, 6) is 1.64. The van der Waals surface area contributed by atoms with Crippen LogP contribution < -0.4 is 10.6 Å². The second-order valence-electron chi connectivity index (χ2n) is 5.32. The van der Waals surface area contributed by atoms with Crippen molar-refractivity contribution in [3.8, 4) is 0 Å². The first-order valence-electron chi connectivity index (χ1n) is 7.37. The number of methoxy groups -OCH3 is 1. The molecule has 1 saturated carbocycles. The van der Waals surface area contributed by atoms with Crippen LogP contribution in [0.3, 0.4) is 0 Å². The van der Waals surface area contributed by atoms with E-state index in [1.54, 1.807) is 7.11 Å². The van der Waals surface area contributed by atoms with Crippen LogP contribution in [0.25, 0.3) is 0 Å². The van der Waals surface area contributed by atoms with Crippen molar-refractivity contribution in [1.82, 2.24) is 10.6 Å². The first kappa shape index (κ1) is 18.2. The molecule has 2 N–H and O–H groups in total. The smallest absolute Gasteiger partial charge is 0.191 e. The number of aliphatic imine (C=N–C) groups is 1. The topological polar surface area (TPSA) is 45.7 Å². The third kappa shape index (κ3) is 5.82. The lowest BCUT2D eigenvalue weighted by molar-refractivity contribution is 0.111. The summed E-state index contributed by atoms with van der Waals surface area (Å²) in [7, 11) is 1.73. The summed E-state index contributed by atoms with van der Waals surface area (Å²) in [6.45, 7) is 5.83. The first-order valence-corrected chi connectivity index (χ1v) is 7.37. The second kappa shape index (κ2) is 9.25. The molecule has 4 nitrogen and oxygen atoms in total. The van der Waals surface area contributed by atoms with Gasteiger partial charge in [-0.25, -0.2) is 0 Å². The molecule has 118 valence electrons. The van der Waals surface area contributed by atoms with E-state index in [0.717, 1.165) is 24.0 Å². The van der Waals surface area contributed by atoms with Crippen molar-refractivity contribution in [2.24, 2.45) is 10.9 Å². The SMILES string of the molecule is CCNC(=NCC(OC)c1ccccc1)NC1CC1C.I. The number of benzene rings is 1. The van der Waals surface area contributed by atoms with Crippen molar-refractivity contribution >= 4 is 29.9 Å². The Morgan fingerprint density at radius 2 is 2.05 bits per heavy atom. The van der Waals surface area contributed by atoms with Gasteiger partial charge in [0.15, 0.2) is 5.96 Å². The third-order valence-electron chi connectivity index (χ3n) is 3.65. The van der Waals surface area contributed by atoms with Gasteiger partial charge in [-0.1, -0.05) is 37.3 Å². The van der Waals surface area contributed by atoms with E-state index in [1.165, 1.54) is 6.42 Å². The summed E-state index contributed by atoms with van der Waals surface area (Å²) in [4.78, 5) is 4.65. The number of hydrogen-bond donors (Lipinski definition) is 2. The van der Waals surface area contributed by atoms with E-state index < -0.39 is 0 Å². The van der Waals surface area contributed by atoms with Crippen LogP contribution in [0.5, 0.6) is 0 Å². The van der Waals surface area contributed by atoms with E-state index in [4.69, 9.17) is 4.74 Å². The van der Waals surface area contributed by atoms with Gasteiger partial charge < -0.3 is 15.4 Å². The van der Waals surface area contributed by atoms with Crippen molar-refractivity contribution in [2.75, 3.05) is 20.2 Å². The Bertz CT molecular complexity index is 438. The van der Waals surface area contributed by atoms with Gasteiger partial charge in [0.1, 0.15) is 6.10 Å². The van der Waals surface area contributed by atoms with E-state index in [9.17, 15) is 0 Å². The highest BCUT2D eigenvalue weighted by Crippen LogP contribution is 2.28. The van der Waals surface area contributed by atoms with E-state index in [1.807, 2.05) is 18.2 Å². The van der Waals surface area contributed by atoms with Crippen LogP contribution in [0.1, 0.15) is 31.9 Å². The van der Waals surface area contributed by atoms with Gasteiger partial charge in [-0.2, -0.15) is 0 Å². The molecule has 1 aliphatic rings. The average Bonchev–Trinajstić information content (AvgIpc) is 3.16. The van der Waals surface area contributed by atoms with Gasteiger partial charge in [0.25, 0.3) is 0 Å². The molecule has 3 atom stereocenters. The van der Waals surface area contributed by atoms with Gasteiger partial charge in [-0.05, 0) is 24.8 Å². The quantitative estimate of drug-likeness (QED) is 0.436. The maximum absolute atomic E-state index is 5.54. The summed E-state index contributed by atoms with van der Waals surface area (Å²) in [6.07, 6.45) is 1.24. The Morgan fingerprint density at radius 1 is 1.38 bits per heavy atom. The van der Waals surface area contributed by atoms with Crippen LogP contribution in [0.4, 0.5) is 0 Å². The van der Waals surface area contributed by atoms with Gasteiger partial charge in [-0.15, -0.1) is 24.0 Å². The Balaban J connectivity index is 0.00000220. The number of nitrogens with zero attached hydrogens (tertiary/aromatic N) is 1. The summed E-state index contributed by atoms with van der Waals surface area (Å²) in [5.41, 5.74) is 1.16. The molecule has 5 heteroatoms. The van der Waals surface area contributed by atoms with Crippen molar-refractivity contribution in [1.29, 1.82) is 0 Å². The lowest BCUT2D eigenvalue weighted by Crippen LogP contribution is -2.39.